The van der Waals surface area contributed by atoms with Crippen molar-refractivity contribution >= 4 is 23.5 Å². The zero-order chi connectivity index (χ0) is 25.5. The molecular formula is C31H29NO5. The number of unbranched alkanes of at least 4 members (excludes halogenated alkanes) is 1. The number of imide groups is 1. The SMILES string of the molecule is CCCCOCCOC(=O)c1ccc(N2C(=O)[C@H]3C4c5ccccc5C(c5ccccc54)[C@@H]3C2=O)cc1. The summed E-state index contributed by atoms with van der Waals surface area (Å²) in [5.41, 5.74) is 5.43. The van der Waals surface area contributed by atoms with Gasteiger partial charge in [0.25, 0.3) is 0 Å². The van der Waals surface area contributed by atoms with E-state index in [9.17, 15) is 14.4 Å². The molecule has 3 aliphatic carbocycles. The maximum Gasteiger partial charge on any atom is 0.338 e. The van der Waals surface area contributed by atoms with E-state index in [4.69, 9.17) is 9.47 Å². The first-order chi connectivity index (χ1) is 18.1. The summed E-state index contributed by atoms with van der Waals surface area (Å²) in [4.78, 5) is 41.4. The zero-order valence-electron chi connectivity index (χ0n) is 20.8. The Hall–Kier alpha value is -3.77. The van der Waals surface area contributed by atoms with Crippen molar-refractivity contribution in [1.82, 2.24) is 0 Å². The van der Waals surface area contributed by atoms with Gasteiger partial charge >= 0.3 is 5.97 Å². The number of hydrogen-bond acceptors (Lipinski definition) is 5. The number of ether oxygens (including phenoxy) is 2. The van der Waals surface area contributed by atoms with Crippen LogP contribution in [0.1, 0.15) is 64.2 Å². The van der Waals surface area contributed by atoms with E-state index in [0.29, 0.717) is 24.5 Å². The van der Waals surface area contributed by atoms with E-state index in [1.54, 1.807) is 24.3 Å². The predicted octanol–water partition coefficient (Wildman–Crippen LogP) is 5.06. The lowest BCUT2D eigenvalue weighted by Gasteiger charge is -2.45. The van der Waals surface area contributed by atoms with E-state index >= 15 is 0 Å². The summed E-state index contributed by atoms with van der Waals surface area (Å²) in [5, 5.41) is 0. The Morgan fingerprint density at radius 2 is 1.24 bits per heavy atom. The molecule has 0 aromatic heterocycles. The molecule has 0 spiro atoms. The molecule has 0 unspecified atom stereocenters. The number of nitrogens with zero attached hydrogens (tertiary/aromatic N) is 1. The van der Waals surface area contributed by atoms with Crippen LogP contribution in [0.4, 0.5) is 5.69 Å². The van der Waals surface area contributed by atoms with Gasteiger partial charge in [-0.2, -0.15) is 0 Å². The van der Waals surface area contributed by atoms with Crippen molar-refractivity contribution in [3.63, 3.8) is 0 Å². The van der Waals surface area contributed by atoms with Crippen molar-refractivity contribution in [1.29, 1.82) is 0 Å². The van der Waals surface area contributed by atoms with Gasteiger partial charge in [-0.1, -0.05) is 61.9 Å². The molecule has 3 aromatic carbocycles. The first-order valence-corrected chi connectivity index (χ1v) is 13.0. The van der Waals surface area contributed by atoms with Crippen molar-refractivity contribution in [3.05, 3.63) is 101 Å². The Balaban J connectivity index is 1.23. The maximum atomic E-state index is 13.8. The summed E-state index contributed by atoms with van der Waals surface area (Å²) in [6, 6.07) is 22.9. The number of benzene rings is 3. The van der Waals surface area contributed by atoms with E-state index < -0.39 is 17.8 Å². The summed E-state index contributed by atoms with van der Waals surface area (Å²) in [7, 11) is 0. The quantitative estimate of drug-likeness (QED) is 0.248. The third kappa shape index (κ3) is 3.78. The van der Waals surface area contributed by atoms with Crippen molar-refractivity contribution in [2.24, 2.45) is 11.8 Å². The lowest BCUT2D eigenvalue weighted by molar-refractivity contribution is -0.122. The highest BCUT2D eigenvalue weighted by Gasteiger charge is 2.61. The molecular weight excluding hydrogens is 466 g/mol. The van der Waals surface area contributed by atoms with Crippen molar-refractivity contribution in [2.75, 3.05) is 24.7 Å². The van der Waals surface area contributed by atoms with Gasteiger partial charge in [0.2, 0.25) is 11.8 Å². The van der Waals surface area contributed by atoms with Crippen LogP contribution in [0.2, 0.25) is 0 Å². The molecule has 1 fully saturated rings. The van der Waals surface area contributed by atoms with Gasteiger partial charge in [0, 0.05) is 18.4 Å². The topological polar surface area (TPSA) is 72.9 Å². The Bertz CT molecular complexity index is 1250. The fourth-order valence-electron chi connectivity index (χ4n) is 6.30. The monoisotopic (exact) mass is 495 g/mol. The molecule has 2 atom stereocenters. The van der Waals surface area contributed by atoms with E-state index in [0.717, 1.165) is 35.1 Å². The molecule has 0 radical (unpaired) electrons. The van der Waals surface area contributed by atoms with Crippen LogP contribution in [0.25, 0.3) is 0 Å². The van der Waals surface area contributed by atoms with E-state index in [-0.39, 0.29) is 30.3 Å². The van der Waals surface area contributed by atoms with Crippen LogP contribution < -0.4 is 4.90 Å². The number of amides is 2. The second-order valence-electron chi connectivity index (χ2n) is 9.93. The molecule has 188 valence electrons. The molecule has 6 heteroatoms. The minimum absolute atomic E-state index is 0.141. The Kier molecular flexibility index (Phi) is 6.13. The smallest absolute Gasteiger partial charge is 0.338 e. The Labute approximate surface area is 216 Å². The number of carbonyl (C=O) groups is 3. The molecule has 3 aromatic rings. The maximum absolute atomic E-state index is 13.8. The van der Waals surface area contributed by atoms with E-state index in [1.165, 1.54) is 4.90 Å². The zero-order valence-corrected chi connectivity index (χ0v) is 20.8. The normalized spacial score (nSPS) is 23.0. The molecule has 6 nitrogen and oxygen atoms in total. The van der Waals surface area contributed by atoms with Crippen LogP contribution in [0.3, 0.4) is 0 Å². The summed E-state index contributed by atoms with van der Waals surface area (Å²) in [6.07, 6.45) is 2.03. The average molecular weight is 496 g/mol. The molecule has 0 saturated carbocycles. The summed E-state index contributed by atoms with van der Waals surface area (Å²) in [6.45, 7) is 3.28. The molecule has 1 heterocycles. The Morgan fingerprint density at radius 1 is 0.730 bits per heavy atom. The number of esters is 1. The van der Waals surface area contributed by atoms with Gasteiger partial charge in [0.1, 0.15) is 6.61 Å². The average Bonchev–Trinajstić information content (AvgIpc) is 3.20. The lowest BCUT2D eigenvalue weighted by Crippen LogP contribution is -2.41. The molecule has 4 aliphatic rings. The second-order valence-corrected chi connectivity index (χ2v) is 9.93. The summed E-state index contributed by atoms with van der Waals surface area (Å²) in [5.74, 6) is -1.95. The highest BCUT2D eigenvalue weighted by molar-refractivity contribution is 6.23. The van der Waals surface area contributed by atoms with Gasteiger partial charge in [0.05, 0.1) is 29.7 Å². The van der Waals surface area contributed by atoms with Crippen LogP contribution in [0, 0.1) is 11.8 Å². The van der Waals surface area contributed by atoms with Crippen LogP contribution >= 0.6 is 0 Å². The fourth-order valence-corrected chi connectivity index (χ4v) is 6.30. The minimum atomic E-state index is -0.456. The molecule has 2 bridgehead atoms. The van der Waals surface area contributed by atoms with Gasteiger partial charge in [-0.15, -0.1) is 0 Å². The van der Waals surface area contributed by atoms with E-state index in [2.05, 4.69) is 31.2 Å². The molecule has 0 N–H and O–H groups in total. The van der Waals surface area contributed by atoms with Crippen LogP contribution in [0.5, 0.6) is 0 Å². The molecule has 2 amide bonds. The Morgan fingerprint density at radius 3 is 1.73 bits per heavy atom. The molecule has 1 aliphatic heterocycles. The van der Waals surface area contributed by atoms with Crippen molar-refractivity contribution in [3.8, 4) is 0 Å². The van der Waals surface area contributed by atoms with Crippen LogP contribution in [0.15, 0.2) is 72.8 Å². The number of anilines is 1. The number of rotatable bonds is 8. The highest BCUT2D eigenvalue weighted by atomic mass is 16.6. The second kappa shape index (κ2) is 9.60. The lowest BCUT2D eigenvalue weighted by atomic mass is 9.55. The minimum Gasteiger partial charge on any atom is -0.460 e. The fraction of sp³-hybridized carbons (Fsp3) is 0.323. The van der Waals surface area contributed by atoms with Crippen LogP contribution in [-0.2, 0) is 19.1 Å². The summed E-state index contributed by atoms with van der Waals surface area (Å²) < 4.78 is 10.7. The largest absolute Gasteiger partial charge is 0.460 e. The van der Waals surface area contributed by atoms with Crippen molar-refractivity contribution < 1.29 is 23.9 Å². The van der Waals surface area contributed by atoms with Gasteiger partial charge in [0.15, 0.2) is 0 Å². The third-order valence-electron chi connectivity index (χ3n) is 7.91. The highest BCUT2D eigenvalue weighted by Crippen LogP contribution is 2.61. The van der Waals surface area contributed by atoms with Gasteiger partial charge in [-0.3, -0.25) is 9.59 Å². The number of carbonyl (C=O) groups excluding carboxylic acids is 3. The molecule has 1 saturated heterocycles. The van der Waals surface area contributed by atoms with Crippen molar-refractivity contribution in [2.45, 2.75) is 31.6 Å². The van der Waals surface area contributed by atoms with E-state index in [1.807, 2.05) is 24.3 Å². The molecule has 37 heavy (non-hydrogen) atoms. The van der Waals surface area contributed by atoms with Gasteiger partial charge in [-0.25, -0.2) is 9.69 Å². The first kappa shape index (κ1) is 23.6. The third-order valence-corrected chi connectivity index (χ3v) is 7.91. The van der Waals surface area contributed by atoms with Gasteiger partial charge < -0.3 is 9.47 Å². The summed E-state index contributed by atoms with van der Waals surface area (Å²) >= 11 is 0. The number of hydrogen-bond donors (Lipinski definition) is 0. The van der Waals surface area contributed by atoms with Gasteiger partial charge in [-0.05, 0) is 52.9 Å². The predicted molar refractivity (Wildman–Crippen MR) is 138 cm³/mol. The standard InChI is InChI=1S/C31H29NO5/c1-2-3-16-36-17-18-37-31(35)19-12-14-20(15-13-19)32-29(33)27-25-21-8-4-5-9-22(21)26(28(27)30(32)34)24-11-7-6-10-23(24)25/h4-15,25-28H,2-3,16-18H2,1H3/t25?,26?,27-,28-/m0/s1. The first-order valence-electron chi connectivity index (χ1n) is 13.0. The van der Waals surface area contributed by atoms with Crippen LogP contribution in [-0.4, -0.2) is 37.6 Å². The molecule has 7 rings (SSSR count).